The van der Waals surface area contributed by atoms with Crippen LogP contribution in [0.1, 0.15) is 47.5 Å². The van der Waals surface area contributed by atoms with Crippen molar-refractivity contribution >= 4 is 0 Å². The normalized spacial score (nSPS) is 32.8. The van der Waals surface area contributed by atoms with Crippen LogP contribution in [0.3, 0.4) is 0 Å². The fraction of sp³-hybridized carbons (Fsp3) is 1.00. The van der Waals surface area contributed by atoms with Crippen LogP contribution in [0.4, 0.5) is 0 Å². The summed E-state index contributed by atoms with van der Waals surface area (Å²) in [6, 6.07) is 0.635. The van der Waals surface area contributed by atoms with E-state index in [1.54, 1.807) is 0 Å². The van der Waals surface area contributed by atoms with Crippen molar-refractivity contribution in [3.63, 3.8) is 0 Å². The van der Waals surface area contributed by atoms with E-state index in [0.717, 1.165) is 11.8 Å². The summed E-state index contributed by atoms with van der Waals surface area (Å²) in [4.78, 5) is 0. The number of hydrogen-bond donors (Lipinski definition) is 1. The average Bonchev–Trinajstić information content (AvgIpc) is 2.20. The van der Waals surface area contributed by atoms with E-state index in [-0.39, 0.29) is 0 Å². The van der Waals surface area contributed by atoms with Crippen LogP contribution in [0, 0.1) is 17.3 Å². The molecule has 0 spiro atoms. The molecule has 1 nitrogen and oxygen atoms in total. The van der Waals surface area contributed by atoms with Gasteiger partial charge < -0.3 is 5.32 Å². The molecule has 2 unspecified atom stereocenters. The first kappa shape index (κ1) is 11.0. The third kappa shape index (κ3) is 3.30. The quantitative estimate of drug-likeness (QED) is 0.709. The van der Waals surface area contributed by atoms with Gasteiger partial charge in [-0.05, 0) is 36.6 Å². The van der Waals surface area contributed by atoms with E-state index in [2.05, 4.69) is 39.9 Å². The average molecular weight is 183 g/mol. The molecule has 1 heteroatoms. The number of hydrogen-bond acceptors (Lipinski definition) is 1. The highest BCUT2D eigenvalue weighted by Gasteiger charge is 2.36. The molecule has 0 bridgehead atoms. The molecule has 0 amide bonds. The van der Waals surface area contributed by atoms with Gasteiger partial charge in [-0.25, -0.2) is 0 Å². The summed E-state index contributed by atoms with van der Waals surface area (Å²) in [6.07, 6.45) is 2.80. The zero-order valence-electron chi connectivity index (χ0n) is 9.85. The van der Waals surface area contributed by atoms with Crippen LogP contribution in [0.15, 0.2) is 0 Å². The Morgan fingerprint density at radius 3 is 2.31 bits per heavy atom. The molecule has 1 aliphatic rings. The number of rotatable bonds is 3. The van der Waals surface area contributed by atoms with E-state index >= 15 is 0 Å². The minimum atomic E-state index is 0.586. The third-order valence-electron chi connectivity index (χ3n) is 3.28. The van der Waals surface area contributed by atoms with Crippen LogP contribution in [0.5, 0.6) is 0 Å². The van der Waals surface area contributed by atoms with Gasteiger partial charge in [-0.15, -0.1) is 0 Å². The number of nitrogens with one attached hydrogen (secondary N) is 1. The predicted molar refractivity (Wildman–Crippen MR) is 58.8 cm³/mol. The first-order chi connectivity index (χ1) is 5.91. The van der Waals surface area contributed by atoms with Crippen LogP contribution in [-0.2, 0) is 0 Å². The Hall–Kier alpha value is -0.0400. The Kier molecular flexibility index (Phi) is 3.39. The fourth-order valence-corrected chi connectivity index (χ4v) is 2.69. The molecule has 1 fully saturated rings. The summed E-state index contributed by atoms with van der Waals surface area (Å²) in [5.41, 5.74) is 0.586. The van der Waals surface area contributed by atoms with Gasteiger partial charge in [0.05, 0.1) is 0 Å². The van der Waals surface area contributed by atoms with Gasteiger partial charge in [-0.3, -0.25) is 0 Å². The smallest absolute Gasteiger partial charge is 0.00104 e. The standard InChI is InChI=1S/C12H25N/c1-9(2)13-8-11-7-12(4,5)6-10(11)3/h9-11,13H,6-8H2,1-5H3. The Morgan fingerprint density at radius 1 is 1.31 bits per heavy atom. The monoisotopic (exact) mass is 183 g/mol. The van der Waals surface area contributed by atoms with E-state index in [4.69, 9.17) is 0 Å². The van der Waals surface area contributed by atoms with Crippen molar-refractivity contribution in [3.8, 4) is 0 Å². The van der Waals surface area contributed by atoms with Gasteiger partial charge in [0.25, 0.3) is 0 Å². The fourth-order valence-electron chi connectivity index (χ4n) is 2.69. The maximum atomic E-state index is 3.56. The zero-order valence-corrected chi connectivity index (χ0v) is 9.85. The molecule has 78 valence electrons. The van der Waals surface area contributed by atoms with E-state index in [1.165, 1.54) is 19.4 Å². The summed E-state index contributed by atoms with van der Waals surface area (Å²) < 4.78 is 0. The Balaban J connectivity index is 2.35. The predicted octanol–water partition coefficient (Wildman–Crippen LogP) is 3.06. The molecular weight excluding hydrogens is 158 g/mol. The summed E-state index contributed by atoms with van der Waals surface area (Å²) in [5, 5.41) is 3.56. The van der Waals surface area contributed by atoms with Crippen LogP contribution < -0.4 is 5.32 Å². The van der Waals surface area contributed by atoms with Gasteiger partial charge in [0.2, 0.25) is 0 Å². The van der Waals surface area contributed by atoms with Crippen molar-refractivity contribution in [1.29, 1.82) is 0 Å². The first-order valence-corrected chi connectivity index (χ1v) is 5.64. The molecule has 1 aliphatic carbocycles. The second-order valence-corrected chi connectivity index (χ2v) is 5.87. The van der Waals surface area contributed by atoms with Crippen molar-refractivity contribution in [1.82, 2.24) is 5.32 Å². The van der Waals surface area contributed by atoms with Gasteiger partial charge in [0.15, 0.2) is 0 Å². The van der Waals surface area contributed by atoms with E-state index in [0.29, 0.717) is 11.5 Å². The molecule has 0 aliphatic heterocycles. The lowest BCUT2D eigenvalue weighted by molar-refractivity contribution is 0.350. The van der Waals surface area contributed by atoms with Gasteiger partial charge in [0.1, 0.15) is 0 Å². The largest absolute Gasteiger partial charge is 0.314 e. The SMILES string of the molecule is CC(C)NCC1CC(C)(C)CC1C. The maximum absolute atomic E-state index is 3.56. The lowest BCUT2D eigenvalue weighted by atomic mass is 9.90. The highest BCUT2D eigenvalue weighted by atomic mass is 14.9. The molecule has 0 aromatic rings. The second-order valence-electron chi connectivity index (χ2n) is 5.87. The lowest BCUT2D eigenvalue weighted by Gasteiger charge is -2.18. The van der Waals surface area contributed by atoms with Gasteiger partial charge in [-0.2, -0.15) is 0 Å². The summed E-state index contributed by atoms with van der Waals surface area (Å²) in [7, 11) is 0. The third-order valence-corrected chi connectivity index (χ3v) is 3.28. The molecule has 1 N–H and O–H groups in total. The van der Waals surface area contributed by atoms with Crippen molar-refractivity contribution in [3.05, 3.63) is 0 Å². The molecule has 0 saturated heterocycles. The Bertz CT molecular complexity index is 161. The topological polar surface area (TPSA) is 12.0 Å². The summed E-state index contributed by atoms with van der Waals surface area (Å²) in [5.74, 6) is 1.80. The lowest BCUT2D eigenvalue weighted by Crippen LogP contribution is -2.30. The van der Waals surface area contributed by atoms with E-state index < -0.39 is 0 Å². The first-order valence-electron chi connectivity index (χ1n) is 5.64. The van der Waals surface area contributed by atoms with Crippen LogP contribution >= 0.6 is 0 Å². The van der Waals surface area contributed by atoms with Crippen molar-refractivity contribution in [2.75, 3.05) is 6.54 Å². The maximum Gasteiger partial charge on any atom is 0.00104 e. The Labute approximate surface area is 83.3 Å². The minimum absolute atomic E-state index is 0.586. The zero-order chi connectivity index (χ0) is 10.1. The second kappa shape index (κ2) is 4.00. The van der Waals surface area contributed by atoms with Crippen molar-refractivity contribution in [2.24, 2.45) is 17.3 Å². The van der Waals surface area contributed by atoms with Gasteiger partial charge >= 0.3 is 0 Å². The van der Waals surface area contributed by atoms with Gasteiger partial charge in [0, 0.05) is 6.04 Å². The van der Waals surface area contributed by atoms with Crippen LogP contribution in [0.2, 0.25) is 0 Å². The van der Waals surface area contributed by atoms with Crippen LogP contribution in [-0.4, -0.2) is 12.6 Å². The van der Waals surface area contributed by atoms with E-state index in [1.807, 2.05) is 0 Å². The molecule has 0 heterocycles. The van der Waals surface area contributed by atoms with Crippen molar-refractivity contribution in [2.45, 2.75) is 53.5 Å². The molecule has 1 saturated carbocycles. The van der Waals surface area contributed by atoms with E-state index in [9.17, 15) is 0 Å². The molecule has 0 aromatic heterocycles. The molecular formula is C12H25N. The van der Waals surface area contributed by atoms with Crippen molar-refractivity contribution < 1.29 is 0 Å². The Morgan fingerprint density at radius 2 is 1.92 bits per heavy atom. The molecule has 0 aromatic carbocycles. The summed E-state index contributed by atoms with van der Waals surface area (Å²) in [6.45, 7) is 12.9. The molecule has 0 radical (unpaired) electrons. The molecule has 1 rings (SSSR count). The highest BCUT2D eigenvalue weighted by Crippen LogP contribution is 2.44. The van der Waals surface area contributed by atoms with Gasteiger partial charge in [-0.1, -0.05) is 34.6 Å². The highest BCUT2D eigenvalue weighted by molar-refractivity contribution is 4.87. The summed E-state index contributed by atoms with van der Waals surface area (Å²) >= 11 is 0. The van der Waals surface area contributed by atoms with Crippen LogP contribution in [0.25, 0.3) is 0 Å². The molecule has 13 heavy (non-hydrogen) atoms. The molecule has 2 atom stereocenters. The minimum Gasteiger partial charge on any atom is -0.314 e.